The first-order chi connectivity index (χ1) is 42.9. The predicted octanol–water partition coefficient (Wildman–Crippen LogP) is 20.0. The minimum Gasteiger partial charge on any atom is -0.462 e. The summed E-state index contributed by atoms with van der Waals surface area (Å²) in [6.45, 7) is 9.46. The Balaban J connectivity index is 5.24. The number of rotatable bonds is 69. The molecule has 3 N–H and O–H groups in total. The molecule has 0 heterocycles. The highest BCUT2D eigenvalue weighted by Crippen LogP contribution is 2.45. The number of hydrogen-bond acceptors (Lipinski definition) is 15. The molecule has 528 valence electrons. The van der Waals surface area contributed by atoms with E-state index < -0.39 is 97.5 Å². The number of esters is 4. The minimum absolute atomic E-state index is 0.106. The van der Waals surface area contributed by atoms with Gasteiger partial charge in [0.2, 0.25) is 0 Å². The molecule has 0 saturated heterocycles. The molecule has 5 atom stereocenters. The van der Waals surface area contributed by atoms with Crippen molar-refractivity contribution in [1.82, 2.24) is 0 Å². The molecular weight excluding hydrogens is 1170 g/mol. The summed E-state index contributed by atoms with van der Waals surface area (Å²) in [4.78, 5) is 72.5. The van der Waals surface area contributed by atoms with Gasteiger partial charge in [0.05, 0.1) is 26.4 Å². The average Bonchev–Trinajstić information content (AvgIpc) is 3.69. The number of ether oxygens (including phenoxy) is 4. The first kappa shape index (κ1) is 87.1. The lowest BCUT2D eigenvalue weighted by Gasteiger charge is -2.21. The largest absolute Gasteiger partial charge is 0.472 e. The maximum absolute atomic E-state index is 13.0. The van der Waals surface area contributed by atoms with Gasteiger partial charge in [-0.05, 0) is 37.5 Å². The summed E-state index contributed by atoms with van der Waals surface area (Å²) in [6.07, 6.45) is 47.2. The van der Waals surface area contributed by atoms with Gasteiger partial charge >= 0.3 is 39.5 Å². The van der Waals surface area contributed by atoms with Crippen molar-refractivity contribution in [2.45, 2.75) is 374 Å². The van der Waals surface area contributed by atoms with E-state index in [0.29, 0.717) is 31.6 Å². The van der Waals surface area contributed by atoms with Gasteiger partial charge in [-0.25, -0.2) is 9.13 Å². The summed E-state index contributed by atoms with van der Waals surface area (Å²) in [5.74, 6) is -0.686. The Hall–Kier alpha value is -1.94. The molecule has 0 aliphatic heterocycles. The molecule has 0 fully saturated rings. The lowest BCUT2D eigenvalue weighted by atomic mass is 10.0. The van der Waals surface area contributed by atoms with E-state index in [0.717, 1.165) is 102 Å². The molecule has 0 spiro atoms. The number of unbranched alkanes of at least 4 members (excludes halogenated alkanes) is 39. The second-order valence-electron chi connectivity index (χ2n) is 26.2. The summed E-state index contributed by atoms with van der Waals surface area (Å²) in [6, 6.07) is 0. The normalized spacial score (nSPS) is 14.1. The number of carbonyl (C=O) groups is 4. The fourth-order valence-electron chi connectivity index (χ4n) is 10.6. The zero-order valence-electron chi connectivity index (χ0n) is 57.7. The number of hydrogen-bond donors (Lipinski definition) is 3. The number of aliphatic hydroxyl groups is 1. The highest BCUT2D eigenvalue weighted by atomic mass is 31.2. The van der Waals surface area contributed by atoms with E-state index in [1.807, 2.05) is 0 Å². The van der Waals surface area contributed by atoms with Crippen molar-refractivity contribution in [3.63, 3.8) is 0 Å². The molecule has 0 amide bonds. The van der Waals surface area contributed by atoms with Crippen molar-refractivity contribution in [1.29, 1.82) is 0 Å². The van der Waals surface area contributed by atoms with Crippen LogP contribution in [0.1, 0.15) is 356 Å². The van der Waals surface area contributed by atoms with Crippen LogP contribution < -0.4 is 0 Å². The zero-order valence-corrected chi connectivity index (χ0v) is 59.5. The van der Waals surface area contributed by atoms with E-state index in [1.165, 1.54) is 167 Å². The third-order valence-corrected chi connectivity index (χ3v) is 18.1. The highest BCUT2D eigenvalue weighted by Gasteiger charge is 2.30. The van der Waals surface area contributed by atoms with Crippen LogP contribution in [0.2, 0.25) is 0 Å². The molecule has 0 aromatic carbocycles. The number of aliphatic hydroxyl groups excluding tert-OH is 1. The molecule has 0 aromatic heterocycles. The number of phosphoric ester groups is 2. The Morgan fingerprint density at radius 2 is 0.517 bits per heavy atom. The first-order valence-corrected chi connectivity index (χ1v) is 39.5. The zero-order chi connectivity index (χ0) is 65.7. The third kappa shape index (κ3) is 64.6. The van der Waals surface area contributed by atoms with Crippen LogP contribution in [-0.2, 0) is 65.4 Å². The molecule has 19 heteroatoms. The average molecular weight is 1310 g/mol. The van der Waals surface area contributed by atoms with Crippen molar-refractivity contribution < 1.29 is 80.2 Å². The van der Waals surface area contributed by atoms with Crippen molar-refractivity contribution in [3.05, 3.63) is 0 Å². The van der Waals surface area contributed by atoms with Crippen LogP contribution in [0.5, 0.6) is 0 Å². The lowest BCUT2D eigenvalue weighted by molar-refractivity contribution is -0.161. The highest BCUT2D eigenvalue weighted by molar-refractivity contribution is 7.47. The van der Waals surface area contributed by atoms with Gasteiger partial charge in [-0.1, -0.05) is 305 Å². The van der Waals surface area contributed by atoms with Crippen LogP contribution >= 0.6 is 15.6 Å². The van der Waals surface area contributed by atoms with E-state index in [2.05, 4.69) is 41.5 Å². The summed E-state index contributed by atoms with van der Waals surface area (Å²) in [5, 5.41) is 10.6. The molecule has 0 saturated carbocycles. The van der Waals surface area contributed by atoms with Crippen LogP contribution in [0, 0.1) is 11.8 Å². The van der Waals surface area contributed by atoms with Crippen molar-refractivity contribution in [2.24, 2.45) is 11.8 Å². The van der Waals surface area contributed by atoms with Gasteiger partial charge in [-0.2, -0.15) is 0 Å². The fraction of sp³-hybridized carbons (Fsp3) is 0.943. The van der Waals surface area contributed by atoms with Crippen LogP contribution in [-0.4, -0.2) is 96.7 Å². The van der Waals surface area contributed by atoms with E-state index >= 15 is 0 Å². The summed E-state index contributed by atoms with van der Waals surface area (Å²) in [7, 11) is -9.90. The first-order valence-electron chi connectivity index (χ1n) is 36.5. The van der Waals surface area contributed by atoms with Gasteiger partial charge in [-0.3, -0.25) is 37.3 Å². The fourth-order valence-corrected chi connectivity index (χ4v) is 12.2. The predicted molar refractivity (Wildman–Crippen MR) is 358 cm³/mol. The molecule has 0 rings (SSSR count). The standard InChI is InChI=1S/C70H136O17P2/c1-7-9-11-13-15-17-19-21-22-23-25-31-35-43-49-55-70(75)86-65(58-80-67(72)52-46-40-33-29-27-26-28-32-38-44-50-62(3)4)60-84-88(76,77)82-56-64(71)57-83-89(78,79)85-61-66(59-81-68(73)53-47-41-37-36-39-45-51-63(5)6)87-69(74)54-48-42-34-30-24-20-18-16-14-12-10-8-2/h62-66,71H,7-61H2,1-6H3,(H,76,77)(H,78,79)/t64-,65-,66-/m1/s1. The second-order valence-corrected chi connectivity index (χ2v) is 29.1. The summed E-state index contributed by atoms with van der Waals surface area (Å²) >= 11 is 0. The quantitative estimate of drug-likeness (QED) is 0.0222. The molecule has 2 unspecified atom stereocenters. The lowest BCUT2D eigenvalue weighted by Crippen LogP contribution is -2.30. The van der Waals surface area contributed by atoms with Crippen molar-refractivity contribution in [2.75, 3.05) is 39.6 Å². The molecule has 0 aromatic rings. The van der Waals surface area contributed by atoms with E-state index in [9.17, 15) is 43.2 Å². The molecule has 0 aliphatic rings. The van der Waals surface area contributed by atoms with Crippen molar-refractivity contribution in [3.8, 4) is 0 Å². The topological polar surface area (TPSA) is 237 Å². The summed E-state index contributed by atoms with van der Waals surface area (Å²) < 4.78 is 68.3. The van der Waals surface area contributed by atoms with Crippen LogP contribution in [0.25, 0.3) is 0 Å². The summed E-state index contributed by atoms with van der Waals surface area (Å²) in [5.41, 5.74) is 0. The molecule has 89 heavy (non-hydrogen) atoms. The molecule has 17 nitrogen and oxygen atoms in total. The maximum atomic E-state index is 13.0. The van der Waals surface area contributed by atoms with Gasteiger partial charge in [0.1, 0.15) is 19.3 Å². The SMILES string of the molecule is CCCCCCCCCCCCCCCCCC(=O)O[C@H](COC(=O)CCCCCCCCCCCCC(C)C)COP(=O)(O)OC[C@@H](O)COP(=O)(O)OC[C@@H](COC(=O)CCCCCCCCC(C)C)OC(=O)CCCCCCCCCCCCCC. The Labute approximate surface area is 543 Å². The van der Waals surface area contributed by atoms with E-state index in [4.69, 9.17) is 37.0 Å². The van der Waals surface area contributed by atoms with E-state index in [1.54, 1.807) is 0 Å². The maximum Gasteiger partial charge on any atom is 0.472 e. The van der Waals surface area contributed by atoms with Gasteiger partial charge in [0, 0.05) is 25.7 Å². The smallest absolute Gasteiger partial charge is 0.462 e. The number of carbonyl (C=O) groups excluding carboxylic acids is 4. The van der Waals surface area contributed by atoms with Gasteiger partial charge in [0.25, 0.3) is 0 Å². The third-order valence-electron chi connectivity index (χ3n) is 16.2. The Morgan fingerprint density at radius 1 is 0.303 bits per heavy atom. The second kappa shape index (κ2) is 62.2. The van der Waals surface area contributed by atoms with Gasteiger partial charge < -0.3 is 33.8 Å². The minimum atomic E-state index is -4.95. The van der Waals surface area contributed by atoms with Crippen LogP contribution in [0.4, 0.5) is 0 Å². The van der Waals surface area contributed by atoms with Gasteiger partial charge in [-0.15, -0.1) is 0 Å². The molecule has 0 bridgehead atoms. The van der Waals surface area contributed by atoms with Crippen LogP contribution in [0.15, 0.2) is 0 Å². The molecule has 0 radical (unpaired) electrons. The Kier molecular flexibility index (Phi) is 60.8. The van der Waals surface area contributed by atoms with Crippen molar-refractivity contribution >= 4 is 39.5 Å². The number of phosphoric acid groups is 2. The van der Waals surface area contributed by atoms with Crippen LogP contribution in [0.3, 0.4) is 0 Å². The van der Waals surface area contributed by atoms with Gasteiger partial charge in [0.15, 0.2) is 12.2 Å². The Morgan fingerprint density at radius 3 is 0.764 bits per heavy atom. The molecule has 0 aliphatic carbocycles. The Bertz CT molecular complexity index is 1730. The molecular formula is C70H136O17P2. The van der Waals surface area contributed by atoms with E-state index in [-0.39, 0.29) is 25.7 Å². The monoisotopic (exact) mass is 1310 g/mol.